The topological polar surface area (TPSA) is 26.7 Å². The van der Waals surface area contributed by atoms with Gasteiger partial charge in [0.25, 0.3) is 0 Å². The number of aryl methyl sites for hydroxylation is 1. The molecule has 20 heavy (non-hydrogen) atoms. The number of benzene rings is 1. The standard InChI is InChI=1S/C14H23IN2O.2ClH/c1-11-8-13(15)9-12(14(11)18)10-17(4)7-5-6-16(2)3;;/h8-9,18H,5-7,10H2,1-4H3;2*1H/i15-4;;. The Morgan fingerprint density at radius 3 is 2.25 bits per heavy atom. The molecule has 0 spiro atoms. The molecule has 0 fully saturated rings. The van der Waals surface area contributed by atoms with E-state index < -0.39 is 0 Å². The first-order chi connectivity index (χ1) is 8.40. The number of aromatic hydroxyl groups is 1. The van der Waals surface area contributed by atoms with Gasteiger partial charge in [-0.05, 0) is 87.9 Å². The minimum Gasteiger partial charge on any atom is -0.507 e. The van der Waals surface area contributed by atoms with Crippen LogP contribution >= 0.6 is 47.4 Å². The summed E-state index contributed by atoms with van der Waals surface area (Å²) >= 11 is 2.30. The molecule has 0 aliphatic heterocycles. The minimum atomic E-state index is 0. The first-order valence-corrected chi connectivity index (χ1v) is 7.29. The van der Waals surface area contributed by atoms with Gasteiger partial charge in [0.1, 0.15) is 5.75 Å². The van der Waals surface area contributed by atoms with E-state index in [-0.39, 0.29) is 24.8 Å². The Hall–Kier alpha value is 0.250. The number of hydrogen-bond acceptors (Lipinski definition) is 3. The molecular formula is C14H25Cl2IN2O. The summed E-state index contributed by atoms with van der Waals surface area (Å²) in [6, 6.07) is 4.07. The highest BCUT2D eigenvalue weighted by molar-refractivity contribution is 14.1. The molecule has 0 radical (unpaired) electrons. The van der Waals surface area contributed by atoms with Gasteiger partial charge in [-0.15, -0.1) is 24.8 Å². The van der Waals surface area contributed by atoms with Gasteiger partial charge < -0.3 is 14.9 Å². The maximum Gasteiger partial charge on any atom is 0.123 e. The van der Waals surface area contributed by atoms with Crippen LogP contribution in [0.2, 0.25) is 0 Å². The van der Waals surface area contributed by atoms with E-state index >= 15 is 0 Å². The van der Waals surface area contributed by atoms with Gasteiger partial charge in [-0.2, -0.15) is 0 Å². The summed E-state index contributed by atoms with van der Waals surface area (Å²) < 4.78 is 1.18. The molecule has 1 rings (SSSR count). The summed E-state index contributed by atoms with van der Waals surface area (Å²) in [6.45, 7) is 4.90. The normalized spacial score (nSPS) is 10.3. The fraction of sp³-hybridized carbons (Fsp3) is 0.571. The van der Waals surface area contributed by atoms with Crippen LogP contribution < -0.4 is 0 Å². The van der Waals surface area contributed by atoms with Gasteiger partial charge in [0.15, 0.2) is 0 Å². The average Bonchev–Trinajstić information content (AvgIpc) is 2.24. The highest BCUT2D eigenvalue weighted by Crippen LogP contribution is 2.25. The van der Waals surface area contributed by atoms with Crippen LogP contribution in [-0.2, 0) is 6.54 Å². The van der Waals surface area contributed by atoms with Gasteiger partial charge in [0.05, 0.1) is 0 Å². The van der Waals surface area contributed by atoms with Crippen LogP contribution in [-0.4, -0.2) is 49.1 Å². The first-order valence-electron chi connectivity index (χ1n) is 6.21. The second kappa shape index (κ2) is 10.9. The average molecular weight is 431 g/mol. The third kappa shape index (κ3) is 7.88. The van der Waals surface area contributed by atoms with Gasteiger partial charge in [-0.25, -0.2) is 0 Å². The molecule has 1 aromatic rings. The molecule has 0 atom stereocenters. The fourth-order valence-corrected chi connectivity index (χ4v) is 2.80. The second-order valence-electron chi connectivity index (χ2n) is 5.13. The summed E-state index contributed by atoms with van der Waals surface area (Å²) in [5.41, 5.74) is 1.98. The van der Waals surface area contributed by atoms with Crippen molar-refractivity contribution in [2.75, 3.05) is 34.2 Å². The molecule has 1 N–H and O–H groups in total. The van der Waals surface area contributed by atoms with Crippen molar-refractivity contribution in [3.8, 4) is 5.75 Å². The lowest BCUT2D eigenvalue weighted by atomic mass is 10.1. The van der Waals surface area contributed by atoms with Crippen molar-refractivity contribution in [1.82, 2.24) is 9.80 Å². The van der Waals surface area contributed by atoms with E-state index in [1.165, 1.54) is 3.57 Å². The minimum absolute atomic E-state index is 0. The molecule has 118 valence electrons. The molecule has 0 saturated heterocycles. The van der Waals surface area contributed by atoms with E-state index in [4.69, 9.17) is 0 Å². The lowest BCUT2D eigenvalue weighted by Crippen LogP contribution is -2.23. The Morgan fingerprint density at radius 1 is 1.10 bits per heavy atom. The van der Waals surface area contributed by atoms with Gasteiger partial charge in [-0.1, -0.05) is 0 Å². The maximum absolute atomic E-state index is 10.0. The van der Waals surface area contributed by atoms with Crippen molar-refractivity contribution in [1.29, 1.82) is 0 Å². The molecule has 0 bridgehead atoms. The van der Waals surface area contributed by atoms with Crippen LogP contribution in [0.5, 0.6) is 5.75 Å². The second-order valence-corrected chi connectivity index (χ2v) is 6.37. The van der Waals surface area contributed by atoms with Crippen LogP contribution in [0.25, 0.3) is 0 Å². The molecule has 0 heterocycles. The van der Waals surface area contributed by atoms with Crippen molar-refractivity contribution in [2.45, 2.75) is 19.9 Å². The summed E-state index contributed by atoms with van der Waals surface area (Å²) in [5.74, 6) is 0.440. The fourth-order valence-electron chi connectivity index (χ4n) is 1.95. The maximum atomic E-state index is 10.0. The largest absolute Gasteiger partial charge is 0.507 e. The third-order valence-corrected chi connectivity index (χ3v) is 3.55. The van der Waals surface area contributed by atoms with Crippen LogP contribution in [0.15, 0.2) is 12.1 Å². The Morgan fingerprint density at radius 2 is 1.70 bits per heavy atom. The monoisotopic (exact) mass is 430 g/mol. The SMILES string of the molecule is Cc1cc([123I])cc(CN(C)CCCN(C)C)c1O.Cl.Cl. The van der Waals surface area contributed by atoms with Gasteiger partial charge >= 0.3 is 0 Å². The third-order valence-electron chi connectivity index (χ3n) is 2.93. The quantitative estimate of drug-likeness (QED) is 0.699. The Bertz CT molecular complexity index is 403. The highest BCUT2D eigenvalue weighted by atomic mass is 123. The van der Waals surface area contributed by atoms with E-state index in [2.05, 4.69) is 59.6 Å². The molecule has 0 saturated carbocycles. The molecule has 0 aliphatic carbocycles. The molecule has 6 heteroatoms. The van der Waals surface area contributed by atoms with Crippen molar-refractivity contribution in [2.24, 2.45) is 0 Å². The van der Waals surface area contributed by atoms with Crippen molar-refractivity contribution in [3.63, 3.8) is 0 Å². The van der Waals surface area contributed by atoms with Gasteiger partial charge in [0.2, 0.25) is 0 Å². The molecule has 1 aromatic carbocycles. The predicted molar refractivity (Wildman–Crippen MR) is 99.6 cm³/mol. The molecule has 0 unspecified atom stereocenters. The van der Waals surface area contributed by atoms with Crippen LogP contribution in [0, 0.1) is 10.5 Å². The summed E-state index contributed by atoms with van der Waals surface area (Å²) in [5, 5.41) is 10.0. The zero-order chi connectivity index (χ0) is 13.7. The predicted octanol–water partition coefficient (Wildman–Crippen LogP) is 3.53. The highest BCUT2D eigenvalue weighted by Gasteiger charge is 2.08. The number of phenolic OH excluding ortho intramolecular Hbond substituents is 1. The van der Waals surface area contributed by atoms with E-state index in [1.54, 1.807) is 0 Å². The van der Waals surface area contributed by atoms with Gasteiger partial charge in [0, 0.05) is 15.7 Å². The van der Waals surface area contributed by atoms with Crippen molar-refractivity contribution >= 4 is 47.4 Å². The number of halogens is 3. The zero-order valence-electron chi connectivity index (χ0n) is 12.5. The smallest absolute Gasteiger partial charge is 0.123 e. The lowest BCUT2D eigenvalue weighted by Gasteiger charge is -2.19. The molecule has 0 amide bonds. The van der Waals surface area contributed by atoms with E-state index in [0.717, 1.165) is 37.2 Å². The van der Waals surface area contributed by atoms with Crippen LogP contribution in [0.3, 0.4) is 0 Å². The van der Waals surface area contributed by atoms with Crippen molar-refractivity contribution < 1.29 is 5.11 Å². The first kappa shape index (κ1) is 22.5. The number of hydrogen-bond donors (Lipinski definition) is 1. The lowest BCUT2D eigenvalue weighted by molar-refractivity contribution is 0.290. The molecule has 0 aromatic heterocycles. The van der Waals surface area contributed by atoms with E-state index in [0.29, 0.717) is 5.75 Å². The summed E-state index contributed by atoms with van der Waals surface area (Å²) in [6.07, 6.45) is 1.15. The Balaban J connectivity index is 0. The zero-order valence-corrected chi connectivity index (χ0v) is 16.3. The van der Waals surface area contributed by atoms with Gasteiger partial charge in [-0.3, -0.25) is 0 Å². The molecule has 3 nitrogen and oxygen atoms in total. The van der Waals surface area contributed by atoms with Crippen LogP contribution in [0.4, 0.5) is 0 Å². The number of nitrogens with zero attached hydrogens (tertiary/aromatic N) is 2. The van der Waals surface area contributed by atoms with Crippen molar-refractivity contribution in [3.05, 3.63) is 26.8 Å². The Kier molecular flexibility index (Phi) is 12.3. The Labute approximate surface area is 148 Å². The van der Waals surface area contributed by atoms with E-state index in [9.17, 15) is 5.11 Å². The summed E-state index contributed by atoms with van der Waals surface area (Å²) in [7, 11) is 6.29. The van der Waals surface area contributed by atoms with E-state index in [1.807, 2.05) is 13.0 Å². The van der Waals surface area contributed by atoms with Crippen LogP contribution in [0.1, 0.15) is 17.5 Å². The number of phenols is 1. The molecule has 0 aliphatic rings. The summed E-state index contributed by atoms with van der Waals surface area (Å²) in [4.78, 5) is 4.45. The number of rotatable bonds is 6. The molecular weight excluding hydrogens is 406 g/mol.